The van der Waals surface area contributed by atoms with Gasteiger partial charge in [-0.15, -0.1) is 0 Å². The van der Waals surface area contributed by atoms with Gasteiger partial charge in [-0.25, -0.2) is 8.78 Å². The molecular formula is C14H9F4N3. The van der Waals surface area contributed by atoms with Crippen molar-refractivity contribution in [1.82, 2.24) is 10.2 Å². The number of alkyl halides is 2. The number of nitrogens with one attached hydrogen (secondary N) is 1. The van der Waals surface area contributed by atoms with Crippen molar-refractivity contribution in [1.29, 1.82) is 0 Å². The van der Waals surface area contributed by atoms with Gasteiger partial charge in [0.15, 0.2) is 5.82 Å². The standard InChI is InChI=1S/C14H9F4N3/c15-9-3-8(4-10(16)6-9)14(17,18)7-1-2-12-11(5-7)13(19)21-20-12/h1-6H,(H3,19,20,21). The van der Waals surface area contributed by atoms with E-state index in [1.165, 1.54) is 6.07 Å². The van der Waals surface area contributed by atoms with Crippen LogP contribution in [0.2, 0.25) is 0 Å². The molecule has 3 aromatic rings. The molecule has 0 aliphatic carbocycles. The lowest BCUT2D eigenvalue weighted by Gasteiger charge is -2.17. The molecule has 0 aliphatic heterocycles. The third kappa shape index (κ3) is 2.20. The number of benzene rings is 2. The molecule has 108 valence electrons. The van der Waals surface area contributed by atoms with Gasteiger partial charge >= 0.3 is 0 Å². The molecule has 0 bridgehead atoms. The van der Waals surface area contributed by atoms with Crippen LogP contribution in [-0.2, 0) is 5.92 Å². The lowest BCUT2D eigenvalue weighted by Crippen LogP contribution is -2.16. The zero-order valence-corrected chi connectivity index (χ0v) is 10.5. The van der Waals surface area contributed by atoms with Crippen molar-refractivity contribution in [3.05, 3.63) is 59.2 Å². The minimum absolute atomic E-state index is 0.0769. The first-order valence-electron chi connectivity index (χ1n) is 5.96. The number of hydrogen-bond donors (Lipinski definition) is 2. The number of halogens is 4. The maximum absolute atomic E-state index is 14.4. The van der Waals surface area contributed by atoms with E-state index in [2.05, 4.69) is 10.2 Å². The third-order valence-corrected chi connectivity index (χ3v) is 3.18. The first-order chi connectivity index (χ1) is 9.88. The van der Waals surface area contributed by atoms with Crippen LogP contribution >= 0.6 is 0 Å². The summed E-state index contributed by atoms with van der Waals surface area (Å²) < 4.78 is 55.1. The summed E-state index contributed by atoms with van der Waals surface area (Å²) in [6, 6.07) is 5.44. The number of aromatic amines is 1. The van der Waals surface area contributed by atoms with E-state index >= 15 is 0 Å². The fourth-order valence-corrected chi connectivity index (χ4v) is 2.13. The molecule has 2 aromatic carbocycles. The summed E-state index contributed by atoms with van der Waals surface area (Å²) in [7, 11) is 0. The van der Waals surface area contributed by atoms with Crippen molar-refractivity contribution in [2.24, 2.45) is 0 Å². The van der Waals surface area contributed by atoms with Gasteiger partial charge in [0.25, 0.3) is 5.92 Å². The molecule has 0 unspecified atom stereocenters. The van der Waals surface area contributed by atoms with Crippen LogP contribution < -0.4 is 5.73 Å². The number of nitrogens with zero attached hydrogens (tertiary/aromatic N) is 1. The smallest absolute Gasteiger partial charge is 0.298 e. The second-order valence-corrected chi connectivity index (χ2v) is 4.60. The molecule has 1 heterocycles. The van der Waals surface area contributed by atoms with Crippen LogP contribution in [0.4, 0.5) is 23.4 Å². The van der Waals surface area contributed by atoms with Crippen LogP contribution in [0.15, 0.2) is 36.4 Å². The highest BCUT2D eigenvalue weighted by Gasteiger charge is 2.35. The van der Waals surface area contributed by atoms with E-state index in [4.69, 9.17) is 5.73 Å². The number of aromatic nitrogens is 2. The zero-order valence-electron chi connectivity index (χ0n) is 10.5. The Morgan fingerprint density at radius 2 is 1.62 bits per heavy atom. The number of nitrogens with two attached hydrogens (primary N) is 1. The highest BCUT2D eigenvalue weighted by atomic mass is 19.3. The Bertz CT molecular complexity index is 806. The third-order valence-electron chi connectivity index (χ3n) is 3.18. The minimum atomic E-state index is -3.55. The maximum atomic E-state index is 14.4. The molecule has 0 saturated heterocycles. The van der Waals surface area contributed by atoms with Crippen LogP contribution in [0.25, 0.3) is 10.9 Å². The maximum Gasteiger partial charge on any atom is 0.298 e. The molecule has 0 saturated carbocycles. The van der Waals surface area contributed by atoms with Crippen LogP contribution in [0.5, 0.6) is 0 Å². The van der Waals surface area contributed by atoms with Gasteiger partial charge < -0.3 is 5.73 Å². The summed E-state index contributed by atoms with van der Waals surface area (Å²) in [5.74, 6) is -5.60. The molecule has 0 atom stereocenters. The van der Waals surface area contributed by atoms with Gasteiger partial charge in [0.1, 0.15) is 11.6 Å². The van der Waals surface area contributed by atoms with Crippen molar-refractivity contribution in [2.75, 3.05) is 5.73 Å². The van der Waals surface area contributed by atoms with E-state index in [0.29, 0.717) is 29.1 Å². The van der Waals surface area contributed by atoms with E-state index in [0.717, 1.165) is 12.1 Å². The number of anilines is 1. The van der Waals surface area contributed by atoms with Crippen molar-refractivity contribution >= 4 is 16.7 Å². The molecule has 0 fully saturated rings. The Hall–Kier alpha value is -2.57. The highest BCUT2D eigenvalue weighted by Crippen LogP contribution is 2.37. The predicted octanol–water partition coefficient (Wildman–Crippen LogP) is 3.56. The summed E-state index contributed by atoms with van der Waals surface area (Å²) in [4.78, 5) is 0. The summed E-state index contributed by atoms with van der Waals surface area (Å²) in [5, 5.41) is 6.62. The van der Waals surface area contributed by atoms with E-state index < -0.39 is 28.7 Å². The SMILES string of the molecule is Nc1n[nH]c2ccc(C(F)(F)c3cc(F)cc(F)c3)cc12. The van der Waals surface area contributed by atoms with Crippen LogP contribution in [-0.4, -0.2) is 10.2 Å². The predicted molar refractivity (Wildman–Crippen MR) is 69.9 cm³/mol. The summed E-state index contributed by atoms with van der Waals surface area (Å²) in [5.41, 5.74) is 4.88. The van der Waals surface area contributed by atoms with Gasteiger partial charge in [-0.1, -0.05) is 6.07 Å². The molecule has 0 radical (unpaired) electrons. The summed E-state index contributed by atoms with van der Waals surface area (Å²) >= 11 is 0. The number of nitrogen functional groups attached to an aromatic ring is 1. The number of hydrogen-bond acceptors (Lipinski definition) is 2. The van der Waals surface area contributed by atoms with Crippen molar-refractivity contribution < 1.29 is 17.6 Å². The highest BCUT2D eigenvalue weighted by molar-refractivity contribution is 5.89. The van der Waals surface area contributed by atoms with Gasteiger partial charge in [-0.3, -0.25) is 5.10 Å². The minimum Gasteiger partial charge on any atom is -0.382 e. The molecule has 3 rings (SSSR count). The lowest BCUT2D eigenvalue weighted by molar-refractivity contribution is 0.0423. The molecule has 0 amide bonds. The van der Waals surface area contributed by atoms with Crippen molar-refractivity contribution in [3.63, 3.8) is 0 Å². The molecule has 21 heavy (non-hydrogen) atoms. The van der Waals surface area contributed by atoms with Crippen LogP contribution in [0.1, 0.15) is 11.1 Å². The Balaban J connectivity index is 2.16. The topological polar surface area (TPSA) is 54.7 Å². The average molecular weight is 295 g/mol. The largest absolute Gasteiger partial charge is 0.382 e. The zero-order chi connectivity index (χ0) is 15.2. The Morgan fingerprint density at radius 1 is 0.952 bits per heavy atom. The monoisotopic (exact) mass is 295 g/mol. The average Bonchev–Trinajstić information content (AvgIpc) is 2.79. The van der Waals surface area contributed by atoms with Gasteiger partial charge in [0.2, 0.25) is 0 Å². The fraction of sp³-hybridized carbons (Fsp3) is 0.0714. The fourth-order valence-electron chi connectivity index (χ4n) is 2.13. The molecular weight excluding hydrogens is 286 g/mol. The Kier molecular flexibility index (Phi) is 2.86. The van der Waals surface area contributed by atoms with Gasteiger partial charge in [-0.05, 0) is 24.3 Å². The van der Waals surface area contributed by atoms with E-state index in [-0.39, 0.29) is 5.82 Å². The molecule has 0 aliphatic rings. The van der Waals surface area contributed by atoms with Crippen molar-refractivity contribution in [2.45, 2.75) is 5.92 Å². The number of H-pyrrole nitrogens is 1. The van der Waals surface area contributed by atoms with E-state index in [1.807, 2.05) is 0 Å². The second kappa shape index (κ2) is 4.47. The second-order valence-electron chi connectivity index (χ2n) is 4.60. The van der Waals surface area contributed by atoms with Gasteiger partial charge in [0.05, 0.1) is 5.52 Å². The van der Waals surface area contributed by atoms with Gasteiger partial charge in [-0.2, -0.15) is 13.9 Å². The van der Waals surface area contributed by atoms with Crippen LogP contribution in [0, 0.1) is 11.6 Å². The molecule has 0 spiro atoms. The quantitative estimate of drug-likeness (QED) is 0.710. The van der Waals surface area contributed by atoms with Crippen LogP contribution in [0.3, 0.4) is 0 Å². The first kappa shape index (κ1) is 13.4. The summed E-state index contributed by atoms with van der Waals surface area (Å²) in [6.45, 7) is 0. The Labute approximate surface area is 116 Å². The number of fused-ring (bicyclic) bond motifs is 1. The van der Waals surface area contributed by atoms with Gasteiger partial charge in [0, 0.05) is 22.6 Å². The normalized spacial score (nSPS) is 12.0. The lowest BCUT2D eigenvalue weighted by atomic mass is 9.99. The van der Waals surface area contributed by atoms with Crippen molar-refractivity contribution in [3.8, 4) is 0 Å². The molecule has 3 N–H and O–H groups in total. The summed E-state index contributed by atoms with van der Waals surface area (Å²) in [6.07, 6.45) is 0. The molecule has 1 aromatic heterocycles. The number of rotatable bonds is 2. The first-order valence-corrected chi connectivity index (χ1v) is 5.96. The van der Waals surface area contributed by atoms with E-state index in [9.17, 15) is 17.6 Å². The molecule has 3 nitrogen and oxygen atoms in total. The van der Waals surface area contributed by atoms with E-state index in [1.54, 1.807) is 0 Å². The Morgan fingerprint density at radius 3 is 2.29 bits per heavy atom. The molecule has 7 heteroatoms.